The maximum atomic E-state index is 12.2. The van der Waals surface area contributed by atoms with E-state index in [1.807, 2.05) is 13.2 Å². The Morgan fingerprint density at radius 3 is 2.44 bits per heavy atom. The molecule has 0 saturated heterocycles. The van der Waals surface area contributed by atoms with E-state index in [-0.39, 0.29) is 28.8 Å². The summed E-state index contributed by atoms with van der Waals surface area (Å²) >= 11 is 1.36. The highest BCUT2D eigenvalue weighted by Gasteiger charge is 2.14. The SMILES string of the molecule is CSc1nc(C)c(CCC(=O)NC(C)c2ccc(S(C)(=O)=O)cc2)c(=O)[nH]1. The van der Waals surface area contributed by atoms with Crippen molar-refractivity contribution in [2.45, 2.75) is 42.8 Å². The molecule has 0 radical (unpaired) electrons. The van der Waals surface area contributed by atoms with Crippen molar-refractivity contribution in [2.24, 2.45) is 0 Å². The van der Waals surface area contributed by atoms with Crippen molar-refractivity contribution < 1.29 is 13.2 Å². The van der Waals surface area contributed by atoms with Crippen LogP contribution in [0.2, 0.25) is 0 Å². The first-order valence-electron chi connectivity index (χ1n) is 8.35. The average Bonchev–Trinajstić information content (AvgIpc) is 2.60. The minimum Gasteiger partial charge on any atom is -0.350 e. The second-order valence-corrected chi connectivity index (χ2v) is 9.08. The van der Waals surface area contributed by atoms with Crippen LogP contribution in [-0.4, -0.2) is 36.8 Å². The number of hydrogen-bond donors (Lipinski definition) is 2. The molecule has 1 aromatic heterocycles. The van der Waals surface area contributed by atoms with Crippen molar-refractivity contribution in [3.8, 4) is 0 Å². The summed E-state index contributed by atoms with van der Waals surface area (Å²) in [5.74, 6) is -0.192. The monoisotopic (exact) mass is 409 g/mol. The Morgan fingerprint density at radius 1 is 1.30 bits per heavy atom. The third-order valence-electron chi connectivity index (χ3n) is 4.18. The molecule has 1 atom stereocenters. The number of hydrogen-bond acceptors (Lipinski definition) is 6. The highest BCUT2D eigenvalue weighted by atomic mass is 32.2. The molecule has 1 unspecified atom stereocenters. The smallest absolute Gasteiger partial charge is 0.254 e. The molecule has 1 heterocycles. The largest absolute Gasteiger partial charge is 0.350 e. The minimum atomic E-state index is -3.25. The summed E-state index contributed by atoms with van der Waals surface area (Å²) in [6, 6.07) is 6.13. The molecule has 1 amide bonds. The van der Waals surface area contributed by atoms with Crippen LogP contribution in [0.25, 0.3) is 0 Å². The molecule has 1 aromatic carbocycles. The Kier molecular flexibility index (Phi) is 6.83. The first-order valence-corrected chi connectivity index (χ1v) is 11.5. The summed E-state index contributed by atoms with van der Waals surface area (Å²) in [6.45, 7) is 3.58. The maximum Gasteiger partial charge on any atom is 0.254 e. The molecular weight excluding hydrogens is 386 g/mol. The molecule has 2 aromatic rings. The Labute approximate surface area is 162 Å². The molecule has 2 N–H and O–H groups in total. The van der Waals surface area contributed by atoms with E-state index in [0.717, 1.165) is 11.8 Å². The number of nitrogens with zero attached hydrogens (tertiary/aromatic N) is 1. The molecule has 7 nitrogen and oxygen atoms in total. The van der Waals surface area contributed by atoms with Gasteiger partial charge in [0.05, 0.1) is 10.9 Å². The van der Waals surface area contributed by atoms with E-state index in [9.17, 15) is 18.0 Å². The zero-order valence-corrected chi connectivity index (χ0v) is 17.3. The van der Waals surface area contributed by atoms with Gasteiger partial charge in [0.15, 0.2) is 15.0 Å². The van der Waals surface area contributed by atoms with Gasteiger partial charge in [-0.3, -0.25) is 9.59 Å². The van der Waals surface area contributed by atoms with E-state index in [2.05, 4.69) is 15.3 Å². The third kappa shape index (κ3) is 5.67. The fraction of sp³-hybridized carbons (Fsp3) is 0.389. The summed E-state index contributed by atoms with van der Waals surface area (Å²) in [6.07, 6.45) is 3.44. The van der Waals surface area contributed by atoms with Crippen molar-refractivity contribution in [2.75, 3.05) is 12.5 Å². The van der Waals surface area contributed by atoms with Gasteiger partial charge in [0.25, 0.3) is 5.56 Å². The lowest BCUT2D eigenvalue weighted by Crippen LogP contribution is -2.28. The quantitative estimate of drug-likeness (QED) is 0.535. The number of amides is 1. The van der Waals surface area contributed by atoms with E-state index in [1.165, 1.54) is 23.9 Å². The third-order valence-corrected chi connectivity index (χ3v) is 5.89. The second-order valence-electron chi connectivity index (χ2n) is 6.27. The van der Waals surface area contributed by atoms with Crippen LogP contribution in [0.3, 0.4) is 0 Å². The molecule has 27 heavy (non-hydrogen) atoms. The molecule has 0 aliphatic rings. The number of aromatic amines is 1. The van der Waals surface area contributed by atoms with Crippen LogP contribution in [-0.2, 0) is 21.1 Å². The Morgan fingerprint density at radius 2 is 1.93 bits per heavy atom. The number of sulfone groups is 1. The van der Waals surface area contributed by atoms with Gasteiger partial charge in [-0.2, -0.15) is 0 Å². The zero-order chi connectivity index (χ0) is 20.2. The predicted octanol–water partition coefficient (Wildman–Crippen LogP) is 2.01. The average molecular weight is 410 g/mol. The number of nitrogens with one attached hydrogen (secondary N) is 2. The van der Waals surface area contributed by atoms with Crippen LogP contribution in [0.5, 0.6) is 0 Å². The summed E-state index contributed by atoms with van der Waals surface area (Å²) < 4.78 is 23.0. The number of aryl methyl sites for hydroxylation is 1. The molecule has 0 aliphatic heterocycles. The second kappa shape index (κ2) is 8.71. The van der Waals surface area contributed by atoms with Crippen molar-refractivity contribution >= 4 is 27.5 Å². The predicted molar refractivity (Wildman–Crippen MR) is 106 cm³/mol. The molecule has 146 valence electrons. The van der Waals surface area contributed by atoms with Crippen LogP contribution in [0.15, 0.2) is 39.1 Å². The lowest BCUT2D eigenvalue weighted by molar-refractivity contribution is -0.121. The number of carbonyl (C=O) groups excluding carboxylic acids is 1. The minimum absolute atomic E-state index is 0.163. The molecular formula is C18H23N3O4S2. The normalized spacial score (nSPS) is 12.6. The molecule has 2 rings (SSSR count). The van der Waals surface area contributed by atoms with Gasteiger partial charge in [-0.15, -0.1) is 0 Å². The van der Waals surface area contributed by atoms with E-state index in [1.54, 1.807) is 19.1 Å². The van der Waals surface area contributed by atoms with Gasteiger partial charge in [-0.05, 0) is 44.2 Å². The van der Waals surface area contributed by atoms with Crippen molar-refractivity contribution in [3.05, 3.63) is 51.4 Å². The van der Waals surface area contributed by atoms with Gasteiger partial charge in [-0.1, -0.05) is 23.9 Å². The van der Waals surface area contributed by atoms with Crippen molar-refractivity contribution in [1.29, 1.82) is 0 Å². The van der Waals surface area contributed by atoms with E-state index in [4.69, 9.17) is 0 Å². The van der Waals surface area contributed by atoms with Crippen LogP contribution < -0.4 is 10.9 Å². The maximum absolute atomic E-state index is 12.2. The number of benzene rings is 1. The summed E-state index contributed by atoms with van der Waals surface area (Å²) in [7, 11) is -3.25. The summed E-state index contributed by atoms with van der Waals surface area (Å²) in [5, 5.41) is 3.41. The van der Waals surface area contributed by atoms with Gasteiger partial charge in [0.2, 0.25) is 5.91 Å². The molecule has 0 saturated carbocycles. The molecule has 0 aliphatic carbocycles. The van der Waals surface area contributed by atoms with Gasteiger partial charge >= 0.3 is 0 Å². The zero-order valence-electron chi connectivity index (χ0n) is 15.7. The fourth-order valence-electron chi connectivity index (χ4n) is 2.61. The highest BCUT2D eigenvalue weighted by Crippen LogP contribution is 2.16. The number of thioether (sulfide) groups is 1. The lowest BCUT2D eigenvalue weighted by atomic mass is 10.1. The van der Waals surface area contributed by atoms with Crippen LogP contribution in [0.4, 0.5) is 0 Å². The van der Waals surface area contributed by atoms with Gasteiger partial charge < -0.3 is 10.3 Å². The first kappa shape index (κ1) is 21.2. The van der Waals surface area contributed by atoms with Gasteiger partial charge in [-0.25, -0.2) is 13.4 Å². The van der Waals surface area contributed by atoms with Gasteiger partial charge in [0, 0.05) is 23.9 Å². The van der Waals surface area contributed by atoms with E-state index >= 15 is 0 Å². The summed E-state index contributed by atoms with van der Waals surface area (Å²) in [5.41, 5.74) is 1.72. The number of aromatic nitrogens is 2. The number of carbonyl (C=O) groups is 1. The molecule has 0 fully saturated rings. The Bertz CT molecular complexity index is 983. The number of H-pyrrole nitrogens is 1. The standard InChI is InChI=1S/C18H23N3O4S2/c1-11(13-5-7-14(8-6-13)27(4,24)25)19-16(22)10-9-15-12(2)20-18(26-3)21-17(15)23/h5-8,11H,9-10H2,1-4H3,(H,19,22)(H,20,21,23). The molecule has 9 heteroatoms. The van der Waals surface area contributed by atoms with Gasteiger partial charge in [0.1, 0.15) is 0 Å². The van der Waals surface area contributed by atoms with Crippen molar-refractivity contribution in [1.82, 2.24) is 15.3 Å². The molecule has 0 spiro atoms. The topological polar surface area (TPSA) is 109 Å². The Hall–Kier alpha value is -2.13. The highest BCUT2D eigenvalue weighted by molar-refractivity contribution is 7.98. The van der Waals surface area contributed by atoms with E-state index < -0.39 is 9.84 Å². The lowest BCUT2D eigenvalue weighted by Gasteiger charge is -2.15. The summed E-state index contributed by atoms with van der Waals surface area (Å²) in [4.78, 5) is 31.5. The Balaban J connectivity index is 1.99. The van der Waals surface area contributed by atoms with Crippen molar-refractivity contribution in [3.63, 3.8) is 0 Å². The first-order chi connectivity index (χ1) is 12.6. The van der Waals surface area contributed by atoms with Crippen LogP contribution in [0, 0.1) is 6.92 Å². The van der Waals surface area contributed by atoms with Crippen LogP contribution in [0.1, 0.15) is 36.2 Å². The van der Waals surface area contributed by atoms with Crippen LogP contribution >= 0.6 is 11.8 Å². The molecule has 0 bridgehead atoms. The van der Waals surface area contributed by atoms with E-state index in [0.29, 0.717) is 22.8 Å². The number of rotatable bonds is 7. The fourth-order valence-corrected chi connectivity index (χ4v) is 3.67.